The molecule has 3 atom stereocenters. The van der Waals surface area contributed by atoms with E-state index < -0.39 is 0 Å². The molecular formula is C11H22O2. The summed E-state index contributed by atoms with van der Waals surface area (Å²) < 4.78 is 5.68. The van der Waals surface area contributed by atoms with Gasteiger partial charge in [0, 0.05) is 5.41 Å². The van der Waals surface area contributed by atoms with Gasteiger partial charge in [0.1, 0.15) is 0 Å². The average molecular weight is 186 g/mol. The van der Waals surface area contributed by atoms with Crippen LogP contribution in [0.15, 0.2) is 0 Å². The molecule has 1 N–H and O–H groups in total. The van der Waals surface area contributed by atoms with E-state index in [0.717, 1.165) is 6.42 Å². The van der Waals surface area contributed by atoms with Crippen LogP contribution in [-0.2, 0) is 4.74 Å². The van der Waals surface area contributed by atoms with Crippen molar-refractivity contribution in [1.29, 1.82) is 0 Å². The predicted molar refractivity (Wildman–Crippen MR) is 53.6 cm³/mol. The van der Waals surface area contributed by atoms with Crippen LogP contribution in [0.4, 0.5) is 0 Å². The molecule has 0 aromatic carbocycles. The average Bonchev–Trinajstić information content (AvgIpc) is 1.96. The second kappa shape index (κ2) is 3.58. The highest BCUT2D eigenvalue weighted by atomic mass is 16.5. The van der Waals surface area contributed by atoms with Crippen LogP contribution in [0, 0.1) is 11.3 Å². The zero-order chi connectivity index (χ0) is 10.2. The second-order valence-corrected chi connectivity index (χ2v) is 5.24. The number of rotatable bonds is 3. The van der Waals surface area contributed by atoms with Gasteiger partial charge in [-0.1, -0.05) is 27.7 Å². The van der Waals surface area contributed by atoms with Gasteiger partial charge in [-0.3, -0.25) is 0 Å². The molecule has 0 aliphatic carbocycles. The van der Waals surface area contributed by atoms with Crippen molar-refractivity contribution in [3.63, 3.8) is 0 Å². The summed E-state index contributed by atoms with van der Waals surface area (Å²) in [4.78, 5) is 0. The summed E-state index contributed by atoms with van der Waals surface area (Å²) in [5, 5.41) is 9.43. The number of hydrogen-bond donors (Lipinski definition) is 1. The van der Waals surface area contributed by atoms with Gasteiger partial charge in [-0.2, -0.15) is 0 Å². The molecule has 0 aromatic heterocycles. The highest BCUT2D eigenvalue weighted by Crippen LogP contribution is 2.45. The molecule has 0 aromatic rings. The SMILES string of the molecule is CC(C)CC1OC(C(C)O)C1(C)C. The lowest BCUT2D eigenvalue weighted by Gasteiger charge is -2.53. The van der Waals surface area contributed by atoms with Gasteiger partial charge in [0.2, 0.25) is 0 Å². The predicted octanol–water partition coefficient (Wildman–Crippen LogP) is 2.21. The van der Waals surface area contributed by atoms with E-state index in [1.54, 1.807) is 6.92 Å². The molecule has 3 unspecified atom stereocenters. The zero-order valence-electron chi connectivity index (χ0n) is 9.37. The van der Waals surface area contributed by atoms with Gasteiger partial charge in [0.25, 0.3) is 0 Å². The fourth-order valence-corrected chi connectivity index (χ4v) is 2.16. The molecule has 1 rings (SSSR count). The van der Waals surface area contributed by atoms with Crippen molar-refractivity contribution in [2.24, 2.45) is 11.3 Å². The maximum atomic E-state index is 9.43. The van der Waals surface area contributed by atoms with E-state index in [-0.39, 0.29) is 17.6 Å². The minimum Gasteiger partial charge on any atom is -0.391 e. The van der Waals surface area contributed by atoms with Crippen LogP contribution in [0.3, 0.4) is 0 Å². The summed E-state index contributed by atoms with van der Waals surface area (Å²) in [6.45, 7) is 10.6. The third-order valence-corrected chi connectivity index (χ3v) is 3.00. The summed E-state index contributed by atoms with van der Waals surface area (Å²) in [6, 6.07) is 0. The van der Waals surface area contributed by atoms with Gasteiger partial charge in [-0.15, -0.1) is 0 Å². The van der Waals surface area contributed by atoms with Gasteiger partial charge in [-0.05, 0) is 19.3 Å². The van der Waals surface area contributed by atoms with Crippen LogP contribution < -0.4 is 0 Å². The Morgan fingerprint density at radius 3 is 2.15 bits per heavy atom. The highest BCUT2D eigenvalue weighted by Gasteiger charge is 2.51. The molecule has 1 aliphatic rings. The standard InChI is InChI=1S/C11H22O2/c1-7(2)6-9-11(4,5)10(13-9)8(3)12/h7-10,12H,6H2,1-5H3. The zero-order valence-corrected chi connectivity index (χ0v) is 9.37. The maximum absolute atomic E-state index is 9.43. The molecule has 0 spiro atoms. The van der Waals surface area contributed by atoms with E-state index in [2.05, 4.69) is 27.7 Å². The molecule has 2 heteroatoms. The van der Waals surface area contributed by atoms with Crippen molar-refractivity contribution in [2.45, 2.75) is 59.4 Å². The minimum absolute atomic E-state index is 0.0243. The highest BCUT2D eigenvalue weighted by molar-refractivity contribution is 4.98. The molecule has 0 saturated carbocycles. The molecule has 1 aliphatic heterocycles. The lowest BCUT2D eigenvalue weighted by Crippen LogP contribution is -2.60. The first-order valence-corrected chi connectivity index (χ1v) is 5.19. The van der Waals surface area contributed by atoms with Crippen molar-refractivity contribution in [3.05, 3.63) is 0 Å². The fraction of sp³-hybridized carbons (Fsp3) is 1.00. The van der Waals surface area contributed by atoms with Gasteiger partial charge in [0.05, 0.1) is 18.3 Å². The first kappa shape index (κ1) is 11.0. The number of aliphatic hydroxyl groups excluding tert-OH is 1. The van der Waals surface area contributed by atoms with E-state index in [0.29, 0.717) is 12.0 Å². The van der Waals surface area contributed by atoms with Crippen LogP contribution >= 0.6 is 0 Å². The molecular weight excluding hydrogens is 164 g/mol. The van der Waals surface area contributed by atoms with Crippen molar-refractivity contribution in [2.75, 3.05) is 0 Å². The third-order valence-electron chi connectivity index (χ3n) is 3.00. The van der Waals surface area contributed by atoms with E-state index in [1.807, 2.05) is 0 Å². The van der Waals surface area contributed by atoms with Crippen LogP contribution in [0.2, 0.25) is 0 Å². The molecule has 1 heterocycles. The third kappa shape index (κ3) is 2.05. The van der Waals surface area contributed by atoms with E-state index in [4.69, 9.17) is 4.74 Å². The monoisotopic (exact) mass is 186 g/mol. The Kier molecular flexibility index (Phi) is 3.03. The van der Waals surface area contributed by atoms with Crippen LogP contribution in [0.1, 0.15) is 41.0 Å². The largest absolute Gasteiger partial charge is 0.391 e. The molecule has 13 heavy (non-hydrogen) atoms. The van der Waals surface area contributed by atoms with Gasteiger partial charge in [-0.25, -0.2) is 0 Å². The lowest BCUT2D eigenvalue weighted by atomic mass is 9.70. The smallest absolute Gasteiger partial charge is 0.0910 e. The Labute approximate surface area is 81.3 Å². The van der Waals surface area contributed by atoms with Crippen molar-refractivity contribution in [1.82, 2.24) is 0 Å². The van der Waals surface area contributed by atoms with Crippen molar-refractivity contribution in [3.8, 4) is 0 Å². The molecule has 2 nitrogen and oxygen atoms in total. The second-order valence-electron chi connectivity index (χ2n) is 5.24. The van der Waals surface area contributed by atoms with Crippen LogP contribution in [0.25, 0.3) is 0 Å². The van der Waals surface area contributed by atoms with Crippen molar-refractivity contribution < 1.29 is 9.84 Å². The summed E-state index contributed by atoms with van der Waals surface area (Å²) in [6.07, 6.45) is 1.10. The number of ether oxygens (including phenoxy) is 1. The Hall–Kier alpha value is -0.0800. The maximum Gasteiger partial charge on any atom is 0.0910 e. The van der Waals surface area contributed by atoms with Gasteiger partial charge < -0.3 is 9.84 Å². The van der Waals surface area contributed by atoms with Crippen LogP contribution in [0.5, 0.6) is 0 Å². The summed E-state index contributed by atoms with van der Waals surface area (Å²) >= 11 is 0. The lowest BCUT2D eigenvalue weighted by molar-refractivity contribution is -0.268. The van der Waals surface area contributed by atoms with Crippen LogP contribution in [-0.4, -0.2) is 23.4 Å². The Balaban J connectivity index is 2.49. The summed E-state index contributed by atoms with van der Waals surface area (Å²) in [5.74, 6) is 0.666. The molecule has 0 bridgehead atoms. The normalized spacial score (nSPS) is 34.4. The molecule has 1 fully saturated rings. The molecule has 78 valence electrons. The Morgan fingerprint density at radius 1 is 1.31 bits per heavy atom. The number of aliphatic hydroxyl groups is 1. The van der Waals surface area contributed by atoms with Gasteiger partial charge in [0.15, 0.2) is 0 Å². The minimum atomic E-state index is -0.349. The van der Waals surface area contributed by atoms with E-state index in [1.165, 1.54) is 0 Å². The summed E-state index contributed by atoms with van der Waals surface area (Å²) in [7, 11) is 0. The first-order chi connectivity index (χ1) is 5.85. The van der Waals surface area contributed by atoms with E-state index in [9.17, 15) is 5.11 Å². The molecule has 0 amide bonds. The topological polar surface area (TPSA) is 29.5 Å². The quantitative estimate of drug-likeness (QED) is 0.732. The Morgan fingerprint density at radius 2 is 1.85 bits per heavy atom. The van der Waals surface area contributed by atoms with Gasteiger partial charge >= 0.3 is 0 Å². The summed E-state index contributed by atoms with van der Waals surface area (Å²) in [5.41, 5.74) is 0.137. The first-order valence-electron chi connectivity index (χ1n) is 5.19. The molecule has 1 saturated heterocycles. The van der Waals surface area contributed by atoms with Crippen molar-refractivity contribution >= 4 is 0 Å². The number of hydrogen-bond acceptors (Lipinski definition) is 2. The fourth-order valence-electron chi connectivity index (χ4n) is 2.16. The Bertz CT molecular complexity index is 173. The molecule has 0 radical (unpaired) electrons. The van der Waals surface area contributed by atoms with E-state index >= 15 is 0 Å².